The van der Waals surface area contributed by atoms with Crippen LogP contribution in [0.25, 0.3) is 0 Å². The van der Waals surface area contributed by atoms with Crippen LogP contribution >= 0.6 is 0 Å². The Balaban J connectivity index is 1.35. The number of methoxy groups -OCH3 is 1. The number of hydrogen-bond donors (Lipinski definition) is 1. The minimum atomic E-state index is 0.00741. The van der Waals surface area contributed by atoms with Gasteiger partial charge in [0.05, 0.1) is 13.2 Å². The van der Waals surface area contributed by atoms with Gasteiger partial charge in [0.2, 0.25) is 5.91 Å². The maximum absolute atomic E-state index is 12.8. The van der Waals surface area contributed by atoms with Crippen molar-refractivity contribution < 1.29 is 14.3 Å². The number of pyridine rings is 1. The zero-order valence-corrected chi connectivity index (χ0v) is 17.9. The molecule has 2 aliphatic rings. The molecule has 4 rings (SSSR count). The zero-order chi connectivity index (χ0) is 20.9. The molecule has 1 N–H and O–H groups in total. The van der Waals surface area contributed by atoms with Gasteiger partial charge >= 0.3 is 0 Å². The van der Waals surface area contributed by atoms with Gasteiger partial charge in [-0.2, -0.15) is 0 Å². The van der Waals surface area contributed by atoms with Crippen LogP contribution in [0.3, 0.4) is 0 Å². The smallest absolute Gasteiger partial charge is 0.227 e. The van der Waals surface area contributed by atoms with Crippen molar-refractivity contribution >= 4 is 17.4 Å². The lowest BCUT2D eigenvalue weighted by molar-refractivity contribution is -0.120. The van der Waals surface area contributed by atoms with Gasteiger partial charge in [0, 0.05) is 37.0 Å². The SMILES string of the molecule is COc1ccc(NC(=O)C2CCN(c3ccc(C)cn3)CC2)cc1OC1CCCC1. The Kier molecular flexibility index (Phi) is 6.41. The molecular formula is C24H31N3O3. The Morgan fingerprint density at radius 3 is 2.50 bits per heavy atom. The Hall–Kier alpha value is -2.76. The monoisotopic (exact) mass is 409 g/mol. The first kappa shape index (κ1) is 20.5. The molecule has 1 aliphatic carbocycles. The molecule has 1 aliphatic heterocycles. The summed E-state index contributed by atoms with van der Waals surface area (Å²) in [5, 5.41) is 3.08. The number of aryl methyl sites for hydroxylation is 1. The summed E-state index contributed by atoms with van der Waals surface area (Å²) in [5.41, 5.74) is 1.92. The minimum Gasteiger partial charge on any atom is -0.493 e. The molecule has 1 aromatic heterocycles. The highest BCUT2D eigenvalue weighted by Crippen LogP contribution is 2.34. The van der Waals surface area contributed by atoms with Crippen molar-refractivity contribution in [3.63, 3.8) is 0 Å². The Bertz CT molecular complexity index is 854. The average Bonchev–Trinajstić information content (AvgIpc) is 3.28. The van der Waals surface area contributed by atoms with Crippen LogP contribution in [0.4, 0.5) is 11.5 Å². The second-order valence-corrected chi connectivity index (χ2v) is 8.33. The lowest BCUT2D eigenvalue weighted by atomic mass is 9.95. The third-order valence-corrected chi connectivity index (χ3v) is 6.11. The van der Waals surface area contributed by atoms with E-state index in [4.69, 9.17) is 9.47 Å². The maximum Gasteiger partial charge on any atom is 0.227 e. The number of amides is 1. The van der Waals surface area contributed by atoms with E-state index in [0.29, 0.717) is 11.5 Å². The van der Waals surface area contributed by atoms with Crippen LogP contribution in [0.15, 0.2) is 36.5 Å². The molecule has 2 fully saturated rings. The number of aromatic nitrogens is 1. The van der Waals surface area contributed by atoms with Gasteiger partial charge in [0.1, 0.15) is 5.82 Å². The first-order chi connectivity index (χ1) is 14.6. The first-order valence-corrected chi connectivity index (χ1v) is 11.0. The molecule has 0 atom stereocenters. The van der Waals surface area contributed by atoms with Crippen molar-refractivity contribution in [1.82, 2.24) is 4.98 Å². The zero-order valence-electron chi connectivity index (χ0n) is 17.9. The van der Waals surface area contributed by atoms with E-state index in [1.54, 1.807) is 7.11 Å². The fourth-order valence-corrected chi connectivity index (χ4v) is 4.29. The fraction of sp³-hybridized carbons (Fsp3) is 0.500. The van der Waals surface area contributed by atoms with Gasteiger partial charge in [-0.05, 0) is 69.2 Å². The molecule has 1 saturated carbocycles. The van der Waals surface area contributed by atoms with Crippen molar-refractivity contribution in [2.45, 2.75) is 51.6 Å². The van der Waals surface area contributed by atoms with Crippen molar-refractivity contribution in [3.8, 4) is 11.5 Å². The quantitative estimate of drug-likeness (QED) is 0.757. The molecule has 0 radical (unpaired) electrons. The third kappa shape index (κ3) is 4.86. The second-order valence-electron chi connectivity index (χ2n) is 8.33. The maximum atomic E-state index is 12.8. The summed E-state index contributed by atoms with van der Waals surface area (Å²) in [6.45, 7) is 3.72. The van der Waals surface area contributed by atoms with Crippen molar-refractivity contribution in [1.29, 1.82) is 0 Å². The molecular weight excluding hydrogens is 378 g/mol. The highest BCUT2D eigenvalue weighted by atomic mass is 16.5. The van der Waals surface area contributed by atoms with Crippen molar-refractivity contribution in [2.75, 3.05) is 30.4 Å². The second kappa shape index (κ2) is 9.37. The summed E-state index contributed by atoms with van der Waals surface area (Å²) in [6, 6.07) is 9.77. The van der Waals surface area contributed by atoms with Gasteiger partial charge in [-0.1, -0.05) is 6.07 Å². The van der Waals surface area contributed by atoms with Crippen LogP contribution in [-0.4, -0.2) is 37.2 Å². The van der Waals surface area contributed by atoms with Crippen LogP contribution in [0, 0.1) is 12.8 Å². The first-order valence-electron chi connectivity index (χ1n) is 11.0. The molecule has 6 nitrogen and oxygen atoms in total. The molecule has 6 heteroatoms. The topological polar surface area (TPSA) is 63.7 Å². The number of benzene rings is 1. The van der Waals surface area contributed by atoms with E-state index in [1.165, 1.54) is 12.8 Å². The number of piperidine rings is 1. The molecule has 1 saturated heterocycles. The molecule has 0 unspecified atom stereocenters. The molecule has 160 valence electrons. The average molecular weight is 410 g/mol. The number of nitrogens with one attached hydrogen (secondary N) is 1. The number of anilines is 2. The predicted octanol–water partition coefficient (Wildman–Crippen LogP) is 4.58. The van der Waals surface area contributed by atoms with Crippen LogP contribution in [0.1, 0.15) is 44.1 Å². The number of ether oxygens (including phenoxy) is 2. The molecule has 1 aromatic carbocycles. The summed E-state index contributed by atoms with van der Waals surface area (Å²) in [7, 11) is 1.64. The number of nitrogens with zero attached hydrogens (tertiary/aromatic N) is 2. The van der Waals surface area contributed by atoms with E-state index in [0.717, 1.165) is 55.8 Å². The Labute approximate surface area is 178 Å². The highest BCUT2D eigenvalue weighted by Gasteiger charge is 2.26. The Morgan fingerprint density at radius 1 is 1.07 bits per heavy atom. The van der Waals surface area contributed by atoms with Gasteiger partial charge < -0.3 is 19.7 Å². The number of carbonyl (C=O) groups excluding carboxylic acids is 1. The van der Waals surface area contributed by atoms with Crippen LogP contribution in [0.2, 0.25) is 0 Å². The van der Waals surface area contributed by atoms with E-state index < -0.39 is 0 Å². The summed E-state index contributed by atoms with van der Waals surface area (Å²) < 4.78 is 11.6. The van der Waals surface area contributed by atoms with Gasteiger partial charge in [0.25, 0.3) is 0 Å². The number of hydrogen-bond acceptors (Lipinski definition) is 5. The molecule has 30 heavy (non-hydrogen) atoms. The standard InChI is InChI=1S/C24H31N3O3/c1-17-7-10-23(25-16-17)27-13-11-18(12-14-27)24(28)26-19-8-9-21(29-2)22(15-19)30-20-5-3-4-6-20/h7-10,15-16,18,20H,3-6,11-14H2,1-2H3,(H,26,28). The highest BCUT2D eigenvalue weighted by molar-refractivity contribution is 5.93. The molecule has 2 aromatic rings. The minimum absolute atomic E-state index is 0.00741. The van der Waals surface area contributed by atoms with Crippen molar-refractivity contribution in [2.24, 2.45) is 5.92 Å². The van der Waals surface area contributed by atoms with Gasteiger partial charge in [-0.15, -0.1) is 0 Å². The fourth-order valence-electron chi connectivity index (χ4n) is 4.29. The summed E-state index contributed by atoms with van der Waals surface area (Å²) in [5.74, 6) is 2.49. The van der Waals surface area contributed by atoms with E-state index in [-0.39, 0.29) is 17.9 Å². The van der Waals surface area contributed by atoms with Crippen LogP contribution < -0.4 is 19.7 Å². The molecule has 0 bridgehead atoms. The molecule has 1 amide bonds. The molecule has 2 heterocycles. The van der Waals surface area contributed by atoms with E-state index in [2.05, 4.69) is 27.3 Å². The van der Waals surface area contributed by atoms with Gasteiger partial charge in [0.15, 0.2) is 11.5 Å². The van der Waals surface area contributed by atoms with E-state index in [1.807, 2.05) is 31.3 Å². The van der Waals surface area contributed by atoms with Gasteiger partial charge in [-0.3, -0.25) is 4.79 Å². The Morgan fingerprint density at radius 2 is 1.83 bits per heavy atom. The largest absolute Gasteiger partial charge is 0.493 e. The van der Waals surface area contributed by atoms with Crippen LogP contribution in [-0.2, 0) is 4.79 Å². The molecule has 0 spiro atoms. The normalized spacial score (nSPS) is 17.7. The van der Waals surface area contributed by atoms with Crippen LogP contribution in [0.5, 0.6) is 11.5 Å². The summed E-state index contributed by atoms with van der Waals surface area (Å²) >= 11 is 0. The van der Waals surface area contributed by atoms with Gasteiger partial charge in [-0.25, -0.2) is 4.98 Å². The predicted molar refractivity (Wildman–Crippen MR) is 118 cm³/mol. The number of rotatable bonds is 6. The van der Waals surface area contributed by atoms with E-state index >= 15 is 0 Å². The summed E-state index contributed by atoms with van der Waals surface area (Å²) in [6.07, 6.45) is 8.35. The number of carbonyl (C=O) groups is 1. The van der Waals surface area contributed by atoms with Crippen molar-refractivity contribution in [3.05, 3.63) is 42.1 Å². The van der Waals surface area contributed by atoms with E-state index in [9.17, 15) is 4.79 Å². The summed E-state index contributed by atoms with van der Waals surface area (Å²) in [4.78, 5) is 19.6. The lowest BCUT2D eigenvalue weighted by Gasteiger charge is -2.32. The third-order valence-electron chi connectivity index (χ3n) is 6.11. The lowest BCUT2D eigenvalue weighted by Crippen LogP contribution is -2.38.